The van der Waals surface area contributed by atoms with Crippen molar-refractivity contribution in [3.8, 4) is 0 Å². The lowest BCUT2D eigenvalue weighted by Crippen LogP contribution is -2.64. The Kier molecular flexibility index (Phi) is 3.18. The number of hydrogen-bond acceptors (Lipinski definition) is 4. The Balaban J connectivity index is 2.68. The van der Waals surface area contributed by atoms with Crippen LogP contribution in [0.15, 0.2) is 0 Å². The first-order valence-corrected chi connectivity index (χ1v) is 5.01. The zero-order chi connectivity index (χ0) is 11.0. The highest BCUT2D eigenvalue weighted by atomic mass is 15.4. The van der Waals surface area contributed by atoms with Gasteiger partial charge in [-0.25, -0.2) is 0 Å². The van der Waals surface area contributed by atoms with E-state index in [0.29, 0.717) is 18.9 Å². The average molecular weight is 200 g/mol. The molecule has 0 amide bonds. The van der Waals surface area contributed by atoms with E-state index in [1.807, 2.05) is 0 Å². The quantitative estimate of drug-likeness (QED) is 0.431. The first kappa shape index (κ1) is 11.9. The molecule has 1 fully saturated rings. The monoisotopic (exact) mass is 200 g/mol. The molecule has 0 bridgehead atoms. The standard InChI is InChI=1S/C9H22N5/c1-7-3-8(10,6-14(2)13)5-9(11,12)4-7/h7,13H,3-6,10-12H2,1-2H3/q-1. The molecule has 14 heavy (non-hydrogen) atoms. The van der Waals surface area contributed by atoms with Crippen LogP contribution in [0, 0.1) is 5.92 Å². The summed E-state index contributed by atoms with van der Waals surface area (Å²) in [6, 6.07) is 0. The van der Waals surface area contributed by atoms with Crippen molar-refractivity contribution in [2.45, 2.75) is 37.4 Å². The minimum absolute atomic E-state index is 0.405. The van der Waals surface area contributed by atoms with Crippen LogP contribution in [0.1, 0.15) is 26.2 Å². The largest absolute Gasteiger partial charge is 0.610 e. The van der Waals surface area contributed by atoms with Crippen molar-refractivity contribution in [1.82, 2.24) is 5.01 Å². The van der Waals surface area contributed by atoms with Crippen LogP contribution in [-0.4, -0.2) is 29.8 Å². The van der Waals surface area contributed by atoms with E-state index < -0.39 is 11.2 Å². The maximum absolute atomic E-state index is 7.41. The molecular formula is C9H22N5-. The van der Waals surface area contributed by atoms with Crippen LogP contribution < -0.4 is 17.2 Å². The summed E-state index contributed by atoms with van der Waals surface area (Å²) >= 11 is 0. The number of nitrogens with zero attached hydrogens (tertiary/aromatic N) is 1. The Morgan fingerprint density at radius 3 is 2.36 bits per heavy atom. The van der Waals surface area contributed by atoms with Crippen LogP contribution in [0.5, 0.6) is 0 Å². The number of nitrogens with one attached hydrogen (secondary N) is 1. The van der Waals surface area contributed by atoms with Gasteiger partial charge in [-0.2, -0.15) is 0 Å². The first-order chi connectivity index (χ1) is 6.22. The molecule has 2 atom stereocenters. The minimum Gasteiger partial charge on any atom is -0.610 e. The summed E-state index contributed by atoms with van der Waals surface area (Å²) in [5, 5.41) is 1.36. The molecule has 0 heterocycles. The molecule has 1 aliphatic rings. The molecule has 5 heteroatoms. The Morgan fingerprint density at radius 2 is 1.93 bits per heavy atom. The molecular weight excluding hydrogens is 178 g/mol. The third-order valence-corrected chi connectivity index (χ3v) is 2.72. The normalized spacial score (nSPS) is 37.5. The van der Waals surface area contributed by atoms with Gasteiger partial charge in [-0.1, -0.05) is 6.92 Å². The summed E-state index contributed by atoms with van der Waals surface area (Å²) in [4.78, 5) is 0. The molecule has 0 aliphatic heterocycles. The van der Waals surface area contributed by atoms with Crippen LogP contribution in [0.3, 0.4) is 0 Å². The van der Waals surface area contributed by atoms with E-state index >= 15 is 0 Å². The van der Waals surface area contributed by atoms with Gasteiger partial charge in [-0.3, -0.25) is 0 Å². The van der Waals surface area contributed by atoms with Gasteiger partial charge in [0, 0.05) is 5.54 Å². The Morgan fingerprint density at radius 1 is 1.36 bits per heavy atom. The molecule has 0 saturated heterocycles. The number of hydrogen-bond donors (Lipinski definition) is 3. The first-order valence-electron chi connectivity index (χ1n) is 5.01. The van der Waals surface area contributed by atoms with Crippen LogP contribution in [-0.2, 0) is 0 Å². The van der Waals surface area contributed by atoms with Crippen molar-refractivity contribution < 1.29 is 0 Å². The fourth-order valence-corrected chi connectivity index (χ4v) is 2.81. The zero-order valence-electron chi connectivity index (χ0n) is 9.09. The van der Waals surface area contributed by atoms with E-state index in [4.69, 9.17) is 23.0 Å². The highest BCUT2D eigenvalue weighted by Gasteiger charge is 2.40. The molecule has 2 unspecified atom stereocenters. The van der Waals surface area contributed by atoms with Gasteiger partial charge in [0.15, 0.2) is 0 Å². The Hall–Kier alpha value is -0.200. The van der Waals surface area contributed by atoms with Gasteiger partial charge >= 0.3 is 0 Å². The second-order valence-corrected chi connectivity index (χ2v) is 5.14. The molecule has 0 radical (unpaired) electrons. The van der Waals surface area contributed by atoms with E-state index in [-0.39, 0.29) is 0 Å². The van der Waals surface area contributed by atoms with Crippen molar-refractivity contribution in [3.05, 3.63) is 5.84 Å². The second kappa shape index (κ2) is 3.75. The fourth-order valence-electron chi connectivity index (χ4n) is 2.81. The van der Waals surface area contributed by atoms with Gasteiger partial charge in [0.1, 0.15) is 0 Å². The number of nitrogens with two attached hydrogens (primary N) is 3. The molecule has 1 rings (SSSR count). The smallest absolute Gasteiger partial charge is 0.0657 e. The topological polar surface area (TPSA) is 105 Å². The van der Waals surface area contributed by atoms with Gasteiger partial charge in [-0.05, 0) is 38.8 Å². The summed E-state index contributed by atoms with van der Waals surface area (Å²) in [6.07, 6.45) is 2.30. The van der Waals surface area contributed by atoms with E-state index in [9.17, 15) is 0 Å². The second-order valence-electron chi connectivity index (χ2n) is 5.14. The Labute approximate surface area is 85.7 Å². The molecule has 0 aromatic carbocycles. The molecule has 1 saturated carbocycles. The molecule has 0 spiro atoms. The van der Waals surface area contributed by atoms with Gasteiger partial charge in [0.05, 0.1) is 5.66 Å². The summed E-state index contributed by atoms with van der Waals surface area (Å²) in [5.41, 5.74) is 17.0. The van der Waals surface area contributed by atoms with Crippen LogP contribution in [0.25, 0.3) is 5.84 Å². The van der Waals surface area contributed by atoms with Crippen molar-refractivity contribution in [2.75, 3.05) is 13.6 Å². The SMILES string of the molecule is CC1CC(N)(N)CC(N)(CN(C)[NH-])C1. The predicted octanol–water partition coefficient (Wildman–Crippen LogP) is 0.0166. The third kappa shape index (κ3) is 3.18. The fraction of sp³-hybridized carbons (Fsp3) is 1.00. The van der Waals surface area contributed by atoms with Crippen LogP contribution >= 0.6 is 0 Å². The number of likely N-dealkylation sites (N-methyl/N-ethyl adjacent to an activating group) is 1. The van der Waals surface area contributed by atoms with E-state index in [1.165, 1.54) is 5.01 Å². The summed E-state index contributed by atoms with van der Waals surface area (Å²) in [5.74, 6) is 7.84. The molecule has 0 aromatic heterocycles. The number of rotatable bonds is 2. The summed E-state index contributed by atoms with van der Waals surface area (Å²) in [6.45, 7) is 2.63. The zero-order valence-corrected chi connectivity index (χ0v) is 9.09. The lowest BCUT2D eigenvalue weighted by atomic mass is 9.71. The molecule has 7 N–H and O–H groups in total. The van der Waals surface area contributed by atoms with E-state index in [0.717, 1.165) is 12.8 Å². The van der Waals surface area contributed by atoms with Crippen molar-refractivity contribution >= 4 is 0 Å². The molecule has 1 aliphatic carbocycles. The predicted molar refractivity (Wildman–Crippen MR) is 58.0 cm³/mol. The summed E-state index contributed by atoms with van der Waals surface area (Å²) < 4.78 is 0. The van der Waals surface area contributed by atoms with Gasteiger partial charge in [-0.15, -0.1) is 0 Å². The highest BCUT2D eigenvalue weighted by molar-refractivity contribution is 5.01. The molecule has 84 valence electrons. The van der Waals surface area contributed by atoms with Gasteiger partial charge < -0.3 is 28.1 Å². The minimum atomic E-state index is -0.664. The average Bonchev–Trinajstić information content (AvgIpc) is 1.74. The molecule has 5 nitrogen and oxygen atoms in total. The van der Waals surface area contributed by atoms with Gasteiger partial charge in [0.2, 0.25) is 0 Å². The van der Waals surface area contributed by atoms with Crippen LogP contribution in [0.4, 0.5) is 0 Å². The lowest BCUT2D eigenvalue weighted by molar-refractivity contribution is 0.126. The Bertz CT molecular complexity index is 199. The maximum atomic E-state index is 7.41. The van der Waals surface area contributed by atoms with Crippen molar-refractivity contribution in [2.24, 2.45) is 23.1 Å². The van der Waals surface area contributed by atoms with Crippen LogP contribution in [0.2, 0.25) is 0 Å². The van der Waals surface area contributed by atoms with E-state index in [2.05, 4.69) is 6.92 Å². The molecule has 0 aromatic rings. The van der Waals surface area contributed by atoms with Crippen molar-refractivity contribution in [1.29, 1.82) is 0 Å². The van der Waals surface area contributed by atoms with Crippen molar-refractivity contribution in [3.63, 3.8) is 0 Å². The van der Waals surface area contributed by atoms with Gasteiger partial charge in [0.25, 0.3) is 0 Å². The third-order valence-electron chi connectivity index (χ3n) is 2.72. The van der Waals surface area contributed by atoms with E-state index in [1.54, 1.807) is 7.05 Å². The maximum Gasteiger partial charge on any atom is 0.0657 e. The highest BCUT2D eigenvalue weighted by Crippen LogP contribution is 2.33. The summed E-state index contributed by atoms with van der Waals surface area (Å²) in [7, 11) is 1.70. The lowest BCUT2D eigenvalue weighted by Gasteiger charge is -2.47.